The number of rotatable bonds is 3. The molecule has 1 N–H and O–H groups in total. The quantitative estimate of drug-likeness (QED) is 0.468. The molecule has 1 aromatic carbocycles. The molecule has 5 heterocycles. The van der Waals surface area contributed by atoms with Gasteiger partial charge in [-0.1, -0.05) is 18.2 Å². The molecule has 0 saturated carbocycles. The molecule has 34 heavy (non-hydrogen) atoms. The second-order valence-electron chi connectivity index (χ2n) is 9.10. The van der Waals surface area contributed by atoms with Gasteiger partial charge in [0.15, 0.2) is 0 Å². The molecule has 0 unspecified atom stereocenters. The van der Waals surface area contributed by atoms with Crippen molar-refractivity contribution in [1.29, 1.82) is 0 Å². The van der Waals surface area contributed by atoms with Crippen molar-refractivity contribution in [3.63, 3.8) is 0 Å². The van der Waals surface area contributed by atoms with Gasteiger partial charge in [0, 0.05) is 26.2 Å². The molecule has 9 nitrogen and oxygen atoms in total. The summed E-state index contributed by atoms with van der Waals surface area (Å²) in [5.74, 6) is -0.161. The number of aromatic nitrogens is 3. The van der Waals surface area contributed by atoms with Crippen molar-refractivity contribution in [1.82, 2.24) is 23.8 Å². The van der Waals surface area contributed by atoms with Gasteiger partial charge in [0.25, 0.3) is 21.5 Å². The Morgan fingerprint density at radius 2 is 1.82 bits per heavy atom. The van der Waals surface area contributed by atoms with Gasteiger partial charge in [-0.3, -0.25) is 9.59 Å². The molecule has 4 aromatic rings. The van der Waals surface area contributed by atoms with Crippen molar-refractivity contribution < 1.29 is 13.2 Å². The van der Waals surface area contributed by atoms with Crippen LogP contribution < -0.4 is 5.56 Å². The number of nitrogens with zero attached hydrogens (tertiary/aromatic N) is 4. The Kier molecular flexibility index (Phi) is 4.91. The van der Waals surface area contributed by atoms with Crippen molar-refractivity contribution in [2.75, 3.05) is 26.2 Å². The second-order valence-corrected chi connectivity index (χ2v) is 12.2. The molecule has 2 fully saturated rings. The average molecular weight is 498 g/mol. The summed E-state index contributed by atoms with van der Waals surface area (Å²) in [6, 6.07) is 10.6. The van der Waals surface area contributed by atoms with Gasteiger partial charge in [0.2, 0.25) is 0 Å². The smallest absolute Gasteiger partial charge is 0.259 e. The van der Waals surface area contributed by atoms with Gasteiger partial charge in [0.05, 0.1) is 17.1 Å². The largest absolute Gasteiger partial charge is 0.338 e. The van der Waals surface area contributed by atoms with Gasteiger partial charge in [-0.25, -0.2) is 12.9 Å². The van der Waals surface area contributed by atoms with E-state index >= 15 is 0 Å². The molecular weight excluding hydrogens is 474 g/mol. The first kappa shape index (κ1) is 21.5. The number of nitrogens with one attached hydrogen (secondary N) is 1. The molecule has 11 heteroatoms. The first-order valence-electron chi connectivity index (χ1n) is 11.2. The molecule has 1 amide bonds. The lowest BCUT2D eigenvalue weighted by Crippen LogP contribution is -2.44. The highest BCUT2D eigenvalue weighted by Crippen LogP contribution is 2.42. The summed E-state index contributed by atoms with van der Waals surface area (Å²) in [5, 5.41) is 6.66. The van der Waals surface area contributed by atoms with Crippen LogP contribution in [0, 0.1) is 5.41 Å². The van der Waals surface area contributed by atoms with Crippen LogP contribution in [-0.4, -0.2) is 64.3 Å². The summed E-state index contributed by atoms with van der Waals surface area (Å²) in [6.07, 6.45) is 3.79. The summed E-state index contributed by atoms with van der Waals surface area (Å²) in [7, 11) is -3.45. The lowest BCUT2D eigenvalue weighted by molar-refractivity contribution is 0.0752. The zero-order chi connectivity index (χ0) is 23.5. The number of aromatic amines is 1. The number of amides is 1. The van der Waals surface area contributed by atoms with Gasteiger partial charge in [-0.15, -0.1) is 11.3 Å². The van der Waals surface area contributed by atoms with E-state index in [9.17, 15) is 18.0 Å². The Morgan fingerprint density at radius 3 is 2.59 bits per heavy atom. The maximum absolute atomic E-state index is 13.4. The number of benzene rings is 1. The molecular formula is C23H23N5O4S2. The number of thiophene rings is 1. The Balaban J connectivity index is 1.22. The zero-order valence-corrected chi connectivity index (χ0v) is 19.9. The fourth-order valence-corrected chi connectivity index (χ4v) is 7.84. The van der Waals surface area contributed by atoms with Crippen LogP contribution in [0.3, 0.4) is 0 Å². The summed E-state index contributed by atoms with van der Waals surface area (Å²) < 4.78 is 29.3. The molecule has 0 aliphatic carbocycles. The fourth-order valence-electron chi connectivity index (χ4n) is 5.26. The van der Waals surface area contributed by atoms with Gasteiger partial charge in [-0.05, 0) is 48.3 Å². The van der Waals surface area contributed by atoms with E-state index in [1.54, 1.807) is 38.5 Å². The third-order valence-electron chi connectivity index (χ3n) is 7.21. The summed E-state index contributed by atoms with van der Waals surface area (Å²) in [5.41, 5.74) is 1.08. The van der Waals surface area contributed by atoms with Gasteiger partial charge >= 0.3 is 0 Å². The van der Waals surface area contributed by atoms with E-state index in [4.69, 9.17) is 0 Å². The van der Waals surface area contributed by atoms with Gasteiger partial charge < -0.3 is 9.88 Å². The summed E-state index contributed by atoms with van der Waals surface area (Å²) in [4.78, 5) is 30.6. The van der Waals surface area contributed by atoms with E-state index < -0.39 is 10.0 Å². The van der Waals surface area contributed by atoms with Crippen LogP contribution in [0.2, 0.25) is 0 Å². The third-order valence-corrected chi connectivity index (χ3v) is 10.5. The summed E-state index contributed by atoms with van der Waals surface area (Å²) >= 11 is 1.24. The minimum Gasteiger partial charge on any atom is -0.338 e. The van der Waals surface area contributed by atoms with E-state index in [1.165, 1.54) is 17.5 Å². The number of para-hydroxylation sites is 1. The molecule has 0 bridgehead atoms. The van der Waals surface area contributed by atoms with Crippen molar-refractivity contribution >= 4 is 43.8 Å². The number of H-pyrrole nitrogens is 1. The standard InChI is InChI=1S/C23H23N5O4S2/c29-21-16-4-1-2-5-18(16)28-20(25-21)17(14-24-28)22(30)26-10-7-23(15-26)8-11-27(12-9-23)34(31,32)19-6-3-13-33-19/h1-6,13-14H,7-12,15H2,(H,25,29). The zero-order valence-electron chi connectivity index (χ0n) is 18.3. The molecule has 1 spiro atoms. The Labute approximate surface area is 199 Å². The Morgan fingerprint density at radius 1 is 1.06 bits per heavy atom. The van der Waals surface area contributed by atoms with Crippen molar-refractivity contribution in [2.24, 2.45) is 5.41 Å². The monoisotopic (exact) mass is 497 g/mol. The van der Waals surface area contributed by atoms with Gasteiger partial charge in [-0.2, -0.15) is 9.40 Å². The molecule has 0 radical (unpaired) electrons. The number of hydrogen-bond donors (Lipinski definition) is 1. The van der Waals surface area contributed by atoms with Crippen LogP contribution in [0.4, 0.5) is 0 Å². The minimum absolute atomic E-state index is 0.0831. The number of hydrogen-bond acceptors (Lipinski definition) is 6. The first-order chi connectivity index (χ1) is 16.4. The molecule has 0 atom stereocenters. The third kappa shape index (κ3) is 3.29. The van der Waals surface area contributed by atoms with Crippen LogP contribution >= 0.6 is 11.3 Å². The van der Waals surface area contributed by atoms with E-state index in [0.29, 0.717) is 52.5 Å². The van der Waals surface area contributed by atoms with Crippen LogP contribution in [0.25, 0.3) is 16.6 Å². The normalized spacial score (nSPS) is 18.9. The van der Waals surface area contributed by atoms with Crippen molar-refractivity contribution in [2.45, 2.75) is 23.5 Å². The maximum atomic E-state index is 13.4. The lowest BCUT2D eigenvalue weighted by atomic mass is 9.78. The van der Waals surface area contributed by atoms with E-state index in [1.807, 2.05) is 17.0 Å². The van der Waals surface area contributed by atoms with E-state index in [0.717, 1.165) is 19.3 Å². The van der Waals surface area contributed by atoms with Crippen LogP contribution in [0.5, 0.6) is 0 Å². The minimum atomic E-state index is -3.45. The predicted octanol–water partition coefficient (Wildman–Crippen LogP) is 2.55. The second kappa shape index (κ2) is 7.76. The first-order valence-corrected chi connectivity index (χ1v) is 13.5. The summed E-state index contributed by atoms with van der Waals surface area (Å²) in [6.45, 7) is 2.09. The molecule has 176 valence electrons. The van der Waals surface area contributed by atoms with Gasteiger partial charge in [0.1, 0.15) is 15.4 Å². The topological polar surface area (TPSA) is 108 Å². The number of likely N-dealkylation sites (tertiary alicyclic amines) is 1. The molecule has 6 rings (SSSR count). The maximum Gasteiger partial charge on any atom is 0.259 e. The fraction of sp³-hybridized carbons (Fsp3) is 0.348. The lowest BCUT2D eigenvalue weighted by Gasteiger charge is -2.38. The molecule has 3 aromatic heterocycles. The number of carbonyl (C=O) groups is 1. The SMILES string of the molecule is O=C(c1cnn2c1[nH]c(=O)c1ccccc12)N1CCC2(CCN(S(=O)(=O)c3cccs3)CC2)C1. The molecule has 2 aliphatic rings. The van der Waals surface area contributed by atoms with Crippen LogP contribution in [-0.2, 0) is 10.0 Å². The highest BCUT2D eigenvalue weighted by molar-refractivity contribution is 7.91. The molecule has 2 aliphatic heterocycles. The van der Waals surface area contributed by atoms with E-state index in [-0.39, 0.29) is 16.9 Å². The average Bonchev–Trinajstić information content (AvgIpc) is 3.60. The highest BCUT2D eigenvalue weighted by atomic mass is 32.2. The molecule has 2 saturated heterocycles. The van der Waals surface area contributed by atoms with Crippen molar-refractivity contribution in [3.8, 4) is 0 Å². The van der Waals surface area contributed by atoms with Crippen LogP contribution in [0.15, 0.2) is 57.0 Å². The predicted molar refractivity (Wildman–Crippen MR) is 129 cm³/mol. The number of fused-ring (bicyclic) bond motifs is 3. The Hall–Kier alpha value is -3.02. The van der Waals surface area contributed by atoms with E-state index in [2.05, 4.69) is 10.1 Å². The highest BCUT2D eigenvalue weighted by Gasteiger charge is 2.44. The Bertz CT molecular complexity index is 1560. The number of carbonyl (C=O) groups excluding carboxylic acids is 1. The van der Waals surface area contributed by atoms with Crippen molar-refractivity contribution in [3.05, 3.63) is 63.9 Å². The number of sulfonamides is 1. The number of piperidine rings is 1. The van der Waals surface area contributed by atoms with Crippen LogP contribution in [0.1, 0.15) is 29.6 Å².